The summed E-state index contributed by atoms with van der Waals surface area (Å²) in [6.45, 7) is 4.38. The molecule has 0 saturated heterocycles. The molecule has 0 bridgehead atoms. The molecule has 0 amide bonds. The highest BCUT2D eigenvalue weighted by Gasteiger charge is 2.14. The van der Waals surface area contributed by atoms with Crippen molar-refractivity contribution in [2.24, 2.45) is 0 Å². The van der Waals surface area contributed by atoms with E-state index in [1.165, 1.54) is 11.1 Å². The van der Waals surface area contributed by atoms with Gasteiger partial charge in [0, 0.05) is 6.42 Å². The molecule has 90 valence electrons. The highest BCUT2D eigenvalue weighted by Crippen LogP contribution is 2.23. The van der Waals surface area contributed by atoms with Crippen LogP contribution in [0.3, 0.4) is 0 Å². The second-order valence-electron chi connectivity index (χ2n) is 5.12. The molecule has 1 aliphatic carbocycles. The first-order valence-electron chi connectivity index (χ1n) is 6.50. The normalized spacial score (nSPS) is 19.0. The van der Waals surface area contributed by atoms with Crippen LogP contribution >= 0.6 is 0 Å². The van der Waals surface area contributed by atoms with E-state index in [4.69, 9.17) is 0 Å². The first-order valence-corrected chi connectivity index (χ1v) is 6.50. The Kier molecular flexibility index (Phi) is 3.78. The zero-order valence-electron chi connectivity index (χ0n) is 10.7. The van der Waals surface area contributed by atoms with Gasteiger partial charge in [-0.1, -0.05) is 38.1 Å². The van der Waals surface area contributed by atoms with Crippen molar-refractivity contribution in [1.82, 2.24) is 0 Å². The van der Waals surface area contributed by atoms with E-state index in [-0.39, 0.29) is 0 Å². The van der Waals surface area contributed by atoms with Crippen molar-refractivity contribution >= 4 is 11.9 Å². The van der Waals surface area contributed by atoms with Gasteiger partial charge in [0.05, 0.1) is 0 Å². The summed E-state index contributed by atoms with van der Waals surface area (Å²) in [5.74, 6) is 0.876. The number of benzene rings is 1. The van der Waals surface area contributed by atoms with Crippen LogP contribution < -0.4 is 0 Å². The Bertz CT molecular complexity index is 441. The van der Waals surface area contributed by atoms with Crippen LogP contribution in [-0.2, 0) is 4.79 Å². The Hall–Kier alpha value is -1.37. The molecule has 0 aliphatic heterocycles. The van der Waals surface area contributed by atoms with Crippen molar-refractivity contribution in [3.63, 3.8) is 0 Å². The Morgan fingerprint density at radius 1 is 1.18 bits per heavy atom. The zero-order chi connectivity index (χ0) is 12.3. The summed E-state index contributed by atoms with van der Waals surface area (Å²) in [4.78, 5) is 11.7. The van der Waals surface area contributed by atoms with Crippen molar-refractivity contribution in [3.05, 3.63) is 41.0 Å². The van der Waals surface area contributed by atoms with Crippen molar-refractivity contribution in [2.45, 2.75) is 45.4 Å². The fraction of sp³-hybridized carbons (Fsp3) is 0.438. The van der Waals surface area contributed by atoms with Gasteiger partial charge in [0.1, 0.15) is 0 Å². The van der Waals surface area contributed by atoms with Crippen LogP contribution in [0.4, 0.5) is 0 Å². The third kappa shape index (κ3) is 3.06. The van der Waals surface area contributed by atoms with E-state index in [2.05, 4.69) is 44.2 Å². The lowest BCUT2D eigenvalue weighted by molar-refractivity contribution is -0.116. The first-order chi connectivity index (χ1) is 8.16. The predicted octanol–water partition coefficient (Wildman–Crippen LogP) is 4.34. The standard InChI is InChI=1S/C16H20O/c1-12(2)14-8-5-6-13(10-14)11-15-7-3-4-9-16(15)17/h5-6,8,10-12H,3-4,7,9H2,1-2H3/b15-11+. The summed E-state index contributed by atoms with van der Waals surface area (Å²) in [5.41, 5.74) is 3.52. The van der Waals surface area contributed by atoms with Gasteiger partial charge in [0.25, 0.3) is 0 Å². The molecular weight excluding hydrogens is 208 g/mol. The minimum Gasteiger partial charge on any atom is -0.295 e. The summed E-state index contributed by atoms with van der Waals surface area (Å²) in [7, 11) is 0. The molecule has 1 nitrogen and oxygen atoms in total. The minimum atomic E-state index is 0.339. The second-order valence-corrected chi connectivity index (χ2v) is 5.12. The van der Waals surface area contributed by atoms with Gasteiger partial charge in [-0.05, 0) is 48.0 Å². The molecule has 0 atom stereocenters. The van der Waals surface area contributed by atoms with Crippen molar-refractivity contribution < 1.29 is 4.79 Å². The van der Waals surface area contributed by atoms with E-state index in [1.807, 2.05) is 0 Å². The Labute approximate surface area is 104 Å². The molecule has 1 fully saturated rings. The summed E-state index contributed by atoms with van der Waals surface area (Å²) < 4.78 is 0. The van der Waals surface area contributed by atoms with Crippen molar-refractivity contribution in [2.75, 3.05) is 0 Å². The zero-order valence-corrected chi connectivity index (χ0v) is 10.7. The molecule has 0 spiro atoms. The summed E-state index contributed by atoms with van der Waals surface area (Å²) in [5, 5.41) is 0. The lowest BCUT2D eigenvalue weighted by atomic mass is 9.91. The maximum absolute atomic E-state index is 11.7. The molecule has 1 saturated carbocycles. The summed E-state index contributed by atoms with van der Waals surface area (Å²) >= 11 is 0. The number of carbonyl (C=O) groups excluding carboxylic acids is 1. The molecule has 2 rings (SSSR count). The smallest absolute Gasteiger partial charge is 0.158 e. The van der Waals surface area contributed by atoms with Gasteiger partial charge in [-0.25, -0.2) is 0 Å². The fourth-order valence-corrected chi connectivity index (χ4v) is 2.26. The quantitative estimate of drug-likeness (QED) is 0.688. The lowest BCUT2D eigenvalue weighted by Crippen LogP contribution is -2.07. The number of allylic oxidation sites excluding steroid dienone is 1. The van der Waals surface area contributed by atoms with Crippen LogP contribution in [0.2, 0.25) is 0 Å². The van der Waals surface area contributed by atoms with Gasteiger partial charge in [-0.2, -0.15) is 0 Å². The summed E-state index contributed by atoms with van der Waals surface area (Å²) in [6.07, 6.45) is 5.97. The van der Waals surface area contributed by atoms with Gasteiger partial charge >= 0.3 is 0 Å². The van der Waals surface area contributed by atoms with E-state index < -0.39 is 0 Å². The fourth-order valence-electron chi connectivity index (χ4n) is 2.26. The third-order valence-corrected chi connectivity index (χ3v) is 3.38. The number of hydrogen-bond donors (Lipinski definition) is 0. The Morgan fingerprint density at radius 3 is 2.65 bits per heavy atom. The molecule has 1 aliphatic rings. The SMILES string of the molecule is CC(C)c1cccc(/C=C2\CCCCC2=O)c1. The average Bonchev–Trinajstić information content (AvgIpc) is 2.32. The van der Waals surface area contributed by atoms with E-state index in [0.717, 1.165) is 31.3 Å². The Morgan fingerprint density at radius 2 is 1.94 bits per heavy atom. The highest BCUT2D eigenvalue weighted by atomic mass is 16.1. The van der Waals surface area contributed by atoms with Crippen LogP contribution in [0.5, 0.6) is 0 Å². The second kappa shape index (κ2) is 5.31. The molecular formula is C16H20O. The van der Waals surface area contributed by atoms with Gasteiger partial charge in [0.2, 0.25) is 0 Å². The van der Waals surface area contributed by atoms with Crippen LogP contribution in [0.1, 0.15) is 56.6 Å². The molecule has 0 aromatic heterocycles. The molecule has 17 heavy (non-hydrogen) atoms. The van der Waals surface area contributed by atoms with Gasteiger partial charge in [-0.3, -0.25) is 4.79 Å². The van der Waals surface area contributed by atoms with E-state index in [1.54, 1.807) is 0 Å². The van der Waals surface area contributed by atoms with Crippen molar-refractivity contribution in [3.8, 4) is 0 Å². The van der Waals surface area contributed by atoms with E-state index in [0.29, 0.717) is 11.7 Å². The molecule has 0 unspecified atom stereocenters. The van der Waals surface area contributed by atoms with Crippen LogP contribution in [0.25, 0.3) is 6.08 Å². The Balaban J connectivity index is 2.25. The van der Waals surface area contributed by atoms with E-state index in [9.17, 15) is 4.79 Å². The number of carbonyl (C=O) groups is 1. The molecule has 0 heterocycles. The van der Waals surface area contributed by atoms with Gasteiger partial charge in [-0.15, -0.1) is 0 Å². The third-order valence-electron chi connectivity index (χ3n) is 3.38. The topological polar surface area (TPSA) is 17.1 Å². The number of hydrogen-bond acceptors (Lipinski definition) is 1. The lowest BCUT2D eigenvalue weighted by Gasteiger charge is -2.13. The molecule has 0 radical (unpaired) electrons. The van der Waals surface area contributed by atoms with Gasteiger partial charge in [0.15, 0.2) is 5.78 Å². The van der Waals surface area contributed by atoms with Crippen molar-refractivity contribution in [1.29, 1.82) is 0 Å². The van der Waals surface area contributed by atoms with Crippen LogP contribution in [-0.4, -0.2) is 5.78 Å². The molecule has 1 aromatic rings. The van der Waals surface area contributed by atoms with Crippen LogP contribution in [0, 0.1) is 0 Å². The maximum Gasteiger partial charge on any atom is 0.158 e. The molecule has 1 heteroatoms. The average molecular weight is 228 g/mol. The summed E-state index contributed by atoms with van der Waals surface area (Å²) in [6, 6.07) is 8.50. The maximum atomic E-state index is 11.7. The minimum absolute atomic E-state index is 0.339. The number of Topliss-reactive ketones (excluding diaryl/α,β-unsaturated/α-hetero) is 1. The monoisotopic (exact) mass is 228 g/mol. The predicted molar refractivity (Wildman–Crippen MR) is 72.0 cm³/mol. The first kappa shape index (κ1) is 12.1. The largest absolute Gasteiger partial charge is 0.295 e. The van der Waals surface area contributed by atoms with E-state index >= 15 is 0 Å². The number of rotatable bonds is 2. The number of ketones is 1. The van der Waals surface area contributed by atoms with Gasteiger partial charge < -0.3 is 0 Å². The highest BCUT2D eigenvalue weighted by molar-refractivity contribution is 6.00. The molecule has 0 N–H and O–H groups in total. The molecule has 1 aromatic carbocycles. The van der Waals surface area contributed by atoms with Crippen LogP contribution in [0.15, 0.2) is 29.8 Å².